The standard InChI is InChI=1S/C26H24FN3O3/c1-2-33-21-12-13-23-19(15-21)14-20(25(31)28-23)17-30(16-18-8-4-3-5-9-18)26(32)29-24-11-7-6-10-22(24)27/h3-15H,2,16-17H2,1H3,(H,28,31)(H,29,32). The average Bonchev–Trinajstić information content (AvgIpc) is 2.81. The fourth-order valence-corrected chi connectivity index (χ4v) is 3.57. The number of urea groups is 1. The van der Waals surface area contributed by atoms with Crippen LogP contribution in [0.15, 0.2) is 83.7 Å². The molecular formula is C26H24FN3O3. The van der Waals surface area contributed by atoms with Crippen LogP contribution in [0.25, 0.3) is 10.9 Å². The number of hydrogen-bond acceptors (Lipinski definition) is 3. The molecule has 4 rings (SSSR count). The Morgan fingerprint density at radius 3 is 2.52 bits per heavy atom. The third kappa shape index (κ3) is 5.38. The number of ether oxygens (including phenoxy) is 1. The summed E-state index contributed by atoms with van der Waals surface area (Å²) in [4.78, 5) is 30.2. The topological polar surface area (TPSA) is 74.4 Å². The Hall–Kier alpha value is -4.13. The van der Waals surface area contributed by atoms with Gasteiger partial charge in [0, 0.05) is 23.0 Å². The van der Waals surface area contributed by atoms with Gasteiger partial charge < -0.3 is 19.9 Å². The fourth-order valence-electron chi connectivity index (χ4n) is 3.57. The third-order valence-corrected chi connectivity index (χ3v) is 5.18. The molecule has 6 nitrogen and oxygen atoms in total. The van der Waals surface area contributed by atoms with Crippen molar-refractivity contribution in [2.75, 3.05) is 11.9 Å². The maximum absolute atomic E-state index is 14.1. The van der Waals surface area contributed by atoms with Crippen LogP contribution >= 0.6 is 0 Å². The minimum Gasteiger partial charge on any atom is -0.494 e. The van der Waals surface area contributed by atoms with E-state index in [4.69, 9.17) is 4.74 Å². The lowest BCUT2D eigenvalue weighted by molar-refractivity contribution is 0.206. The quantitative estimate of drug-likeness (QED) is 0.405. The molecule has 0 aliphatic heterocycles. The van der Waals surface area contributed by atoms with Crippen molar-refractivity contribution in [1.82, 2.24) is 9.88 Å². The Kier molecular flexibility index (Phi) is 6.69. The average molecular weight is 445 g/mol. The van der Waals surface area contributed by atoms with E-state index in [0.29, 0.717) is 23.4 Å². The number of carbonyl (C=O) groups is 1. The summed E-state index contributed by atoms with van der Waals surface area (Å²) >= 11 is 0. The summed E-state index contributed by atoms with van der Waals surface area (Å²) in [7, 11) is 0. The fraction of sp³-hybridized carbons (Fsp3) is 0.154. The Labute approximate surface area is 190 Å². The second-order valence-electron chi connectivity index (χ2n) is 7.56. The van der Waals surface area contributed by atoms with E-state index < -0.39 is 11.8 Å². The number of fused-ring (bicyclic) bond motifs is 1. The van der Waals surface area contributed by atoms with E-state index in [1.807, 2.05) is 43.3 Å². The molecule has 0 unspecified atom stereocenters. The van der Waals surface area contributed by atoms with Gasteiger partial charge in [0.2, 0.25) is 0 Å². The maximum Gasteiger partial charge on any atom is 0.322 e. The van der Waals surface area contributed by atoms with Crippen LogP contribution in [0.4, 0.5) is 14.9 Å². The van der Waals surface area contributed by atoms with Gasteiger partial charge in [0.15, 0.2) is 0 Å². The number of amides is 2. The first-order chi connectivity index (χ1) is 16.0. The maximum atomic E-state index is 14.1. The van der Waals surface area contributed by atoms with E-state index in [-0.39, 0.29) is 24.3 Å². The second-order valence-corrected chi connectivity index (χ2v) is 7.56. The molecule has 0 aliphatic rings. The van der Waals surface area contributed by atoms with E-state index in [1.165, 1.54) is 17.0 Å². The van der Waals surface area contributed by atoms with E-state index >= 15 is 0 Å². The predicted octanol–water partition coefficient (Wildman–Crippen LogP) is 5.30. The van der Waals surface area contributed by atoms with Crippen LogP contribution in [0.1, 0.15) is 18.1 Å². The number of aromatic nitrogens is 1. The molecule has 7 heteroatoms. The summed E-state index contributed by atoms with van der Waals surface area (Å²) < 4.78 is 19.7. The largest absolute Gasteiger partial charge is 0.494 e. The van der Waals surface area contributed by atoms with Crippen LogP contribution in [0.2, 0.25) is 0 Å². The first-order valence-corrected chi connectivity index (χ1v) is 10.7. The third-order valence-electron chi connectivity index (χ3n) is 5.18. The van der Waals surface area contributed by atoms with Gasteiger partial charge in [-0.15, -0.1) is 0 Å². The lowest BCUT2D eigenvalue weighted by Crippen LogP contribution is -2.36. The number of aromatic amines is 1. The van der Waals surface area contributed by atoms with E-state index in [2.05, 4.69) is 10.3 Å². The molecule has 3 aromatic carbocycles. The number of nitrogens with one attached hydrogen (secondary N) is 2. The van der Waals surface area contributed by atoms with Crippen molar-refractivity contribution in [2.24, 2.45) is 0 Å². The minimum atomic E-state index is -0.530. The highest BCUT2D eigenvalue weighted by atomic mass is 19.1. The highest BCUT2D eigenvalue weighted by molar-refractivity contribution is 5.89. The van der Waals surface area contributed by atoms with Crippen LogP contribution in [0.5, 0.6) is 5.75 Å². The number of benzene rings is 3. The second kappa shape index (κ2) is 9.99. The van der Waals surface area contributed by atoms with Crippen molar-refractivity contribution in [2.45, 2.75) is 20.0 Å². The number of nitrogens with zero attached hydrogens (tertiary/aromatic N) is 1. The van der Waals surface area contributed by atoms with E-state index in [1.54, 1.807) is 30.3 Å². The van der Waals surface area contributed by atoms with Gasteiger partial charge in [-0.25, -0.2) is 9.18 Å². The highest BCUT2D eigenvalue weighted by Gasteiger charge is 2.18. The van der Waals surface area contributed by atoms with Crippen molar-refractivity contribution < 1.29 is 13.9 Å². The minimum absolute atomic E-state index is 0.0410. The van der Waals surface area contributed by atoms with Crippen LogP contribution in [0, 0.1) is 5.82 Å². The molecule has 4 aromatic rings. The lowest BCUT2D eigenvalue weighted by Gasteiger charge is -2.23. The molecule has 0 aliphatic carbocycles. The SMILES string of the molecule is CCOc1ccc2[nH]c(=O)c(CN(Cc3ccccc3)C(=O)Nc3ccccc3F)cc2c1. The molecule has 168 valence electrons. The zero-order valence-electron chi connectivity index (χ0n) is 18.2. The highest BCUT2D eigenvalue weighted by Crippen LogP contribution is 2.21. The van der Waals surface area contributed by atoms with Crippen LogP contribution < -0.4 is 15.6 Å². The van der Waals surface area contributed by atoms with Crippen LogP contribution in [-0.4, -0.2) is 22.5 Å². The van der Waals surface area contributed by atoms with Gasteiger partial charge in [-0.2, -0.15) is 0 Å². The molecule has 0 radical (unpaired) electrons. The Balaban J connectivity index is 1.66. The number of H-pyrrole nitrogens is 1. The van der Waals surface area contributed by atoms with E-state index in [9.17, 15) is 14.0 Å². The normalized spacial score (nSPS) is 10.7. The molecule has 1 aromatic heterocycles. The first-order valence-electron chi connectivity index (χ1n) is 10.7. The van der Waals surface area contributed by atoms with Gasteiger partial charge in [0.1, 0.15) is 11.6 Å². The number of para-hydroxylation sites is 1. The summed E-state index contributed by atoms with van der Waals surface area (Å²) in [6.07, 6.45) is 0. The van der Waals surface area contributed by atoms with Crippen molar-refractivity contribution >= 4 is 22.6 Å². The predicted molar refractivity (Wildman–Crippen MR) is 127 cm³/mol. The van der Waals surface area contributed by atoms with E-state index in [0.717, 1.165) is 10.9 Å². The smallest absolute Gasteiger partial charge is 0.322 e. The molecule has 2 amide bonds. The number of halogens is 1. The summed E-state index contributed by atoms with van der Waals surface area (Å²) in [5.41, 5.74) is 1.77. The van der Waals surface area contributed by atoms with Gasteiger partial charge in [-0.3, -0.25) is 4.79 Å². The van der Waals surface area contributed by atoms with Gasteiger partial charge in [0.05, 0.1) is 18.8 Å². The number of rotatable bonds is 7. The molecule has 0 atom stereocenters. The van der Waals surface area contributed by atoms with Crippen molar-refractivity contribution in [1.29, 1.82) is 0 Å². The van der Waals surface area contributed by atoms with Crippen LogP contribution in [-0.2, 0) is 13.1 Å². The molecule has 1 heterocycles. The van der Waals surface area contributed by atoms with Crippen molar-refractivity contribution in [3.63, 3.8) is 0 Å². The molecule has 0 fully saturated rings. The van der Waals surface area contributed by atoms with Gasteiger partial charge >= 0.3 is 6.03 Å². The first kappa shape index (κ1) is 22.1. The molecule has 0 saturated carbocycles. The monoisotopic (exact) mass is 445 g/mol. The van der Waals surface area contributed by atoms with Crippen LogP contribution in [0.3, 0.4) is 0 Å². The number of hydrogen-bond donors (Lipinski definition) is 2. The zero-order valence-corrected chi connectivity index (χ0v) is 18.2. The molecule has 0 saturated heterocycles. The van der Waals surface area contributed by atoms with Crippen molar-refractivity contribution in [3.05, 3.63) is 106 Å². The molecule has 33 heavy (non-hydrogen) atoms. The van der Waals surface area contributed by atoms with Gasteiger partial charge in [-0.1, -0.05) is 42.5 Å². The molecule has 2 N–H and O–H groups in total. The summed E-state index contributed by atoms with van der Waals surface area (Å²) in [5.74, 6) is 0.166. The Bertz CT molecular complexity index is 1320. The number of anilines is 1. The van der Waals surface area contributed by atoms with Crippen molar-refractivity contribution in [3.8, 4) is 5.75 Å². The Morgan fingerprint density at radius 2 is 1.76 bits per heavy atom. The molecule has 0 spiro atoms. The molecular weight excluding hydrogens is 421 g/mol. The number of carbonyl (C=O) groups excluding carboxylic acids is 1. The summed E-state index contributed by atoms with van der Waals surface area (Å²) in [5, 5.41) is 3.41. The molecule has 0 bridgehead atoms. The summed E-state index contributed by atoms with van der Waals surface area (Å²) in [6, 6.07) is 22.1. The van der Waals surface area contributed by atoms with Gasteiger partial charge in [0.25, 0.3) is 5.56 Å². The summed E-state index contributed by atoms with van der Waals surface area (Å²) in [6.45, 7) is 2.72. The zero-order chi connectivity index (χ0) is 23.2. The Morgan fingerprint density at radius 1 is 1.00 bits per heavy atom. The lowest BCUT2D eigenvalue weighted by atomic mass is 10.1. The number of pyridine rings is 1. The van der Waals surface area contributed by atoms with Gasteiger partial charge in [-0.05, 0) is 48.9 Å².